The van der Waals surface area contributed by atoms with Crippen molar-refractivity contribution in [3.8, 4) is 12.3 Å². The number of pyridine rings is 1. The van der Waals surface area contributed by atoms with Crippen molar-refractivity contribution in [3.05, 3.63) is 40.2 Å². The van der Waals surface area contributed by atoms with Crippen molar-refractivity contribution in [2.75, 3.05) is 0 Å². The fourth-order valence-corrected chi connectivity index (χ4v) is 4.23. The SMILES string of the molecule is C#C[C@@]1(O)[C@@H](C)CC(c2ccncc2[N+](=O)[O-])=C[C@H]1O[Si](C)(C)C(C)(C)C. The van der Waals surface area contributed by atoms with Gasteiger partial charge in [0.25, 0.3) is 5.69 Å². The maximum absolute atomic E-state index is 11.4. The molecule has 1 heterocycles. The van der Waals surface area contributed by atoms with Gasteiger partial charge in [-0.2, -0.15) is 0 Å². The second-order valence-electron chi connectivity index (χ2n) is 8.72. The van der Waals surface area contributed by atoms with E-state index in [1.165, 1.54) is 12.4 Å². The monoisotopic (exact) mass is 388 g/mol. The number of hydrogen-bond acceptors (Lipinski definition) is 5. The van der Waals surface area contributed by atoms with Crippen LogP contribution in [-0.2, 0) is 4.43 Å². The Hall–Kier alpha value is -2.01. The Morgan fingerprint density at radius 1 is 1.48 bits per heavy atom. The van der Waals surface area contributed by atoms with Gasteiger partial charge in [-0.05, 0) is 42.3 Å². The lowest BCUT2D eigenvalue weighted by Crippen LogP contribution is -2.55. The highest BCUT2D eigenvalue weighted by Gasteiger charge is 2.49. The van der Waals surface area contributed by atoms with E-state index in [-0.39, 0.29) is 16.6 Å². The molecule has 1 aliphatic rings. The zero-order chi connectivity index (χ0) is 20.6. The summed E-state index contributed by atoms with van der Waals surface area (Å²) in [6.07, 6.45) is 9.93. The minimum absolute atomic E-state index is 0.0619. The van der Waals surface area contributed by atoms with E-state index in [2.05, 4.69) is 44.8 Å². The van der Waals surface area contributed by atoms with Gasteiger partial charge in [0.2, 0.25) is 0 Å². The summed E-state index contributed by atoms with van der Waals surface area (Å²) in [6, 6.07) is 1.63. The fourth-order valence-electron chi connectivity index (χ4n) is 2.99. The van der Waals surface area contributed by atoms with Gasteiger partial charge in [0.15, 0.2) is 13.9 Å². The van der Waals surface area contributed by atoms with Gasteiger partial charge in [0.05, 0.1) is 10.5 Å². The molecule has 27 heavy (non-hydrogen) atoms. The van der Waals surface area contributed by atoms with Crippen molar-refractivity contribution in [2.45, 2.75) is 64.0 Å². The van der Waals surface area contributed by atoms with Crippen molar-refractivity contribution in [2.24, 2.45) is 5.92 Å². The molecule has 146 valence electrons. The van der Waals surface area contributed by atoms with Crippen LogP contribution < -0.4 is 0 Å². The summed E-state index contributed by atoms with van der Waals surface area (Å²) in [4.78, 5) is 14.8. The predicted molar refractivity (Wildman–Crippen MR) is 109 cm³/mol. The number of allylic oxidation sites excluding steroid dienone is 1. The number of nitrogens with zero attached hydrogens (tertiary/aromatic N) is 2. The average Bonchev–Trinajstić information content (AvgIpc) is 2.57. The zero-order valence-electron chi connectivity index (χ0n) is 16.8. The molecular weight excluding hydrogens is 360 g/mol. The van der Waals surface area contributed by atoms with E-state index < -0.39 is 24.9 Å². The van der Waals surface area contributed by atoms with Gasteiger partial charge in [-0.15, -0.1) is 6.42 Å². The summed E-state index contributed by atoms with van der Waals surface area (Å²) in [5, 5.41) is 22.5. The highest BCUT2D eigenvalue weighted by molar-refractivity contribution is 6.74. The van der Waals surface area contributed by atoms with Gasteiger partial charge in [-0.25, -0.2) is 0 Å². The normalized spacial score (nSPS) is 26.2. The highest BCUT2D eigenvalue weighted by atomic mass is 28.4. The quantitative estimate of drug-likeness (QED) is 0.362. The Morgan fingerprint density at radius 2 is 2.11 bits per heavy atom. The molecule has 0 fully saturated rings. The number of rotatable bonds is 4. The number of terminal acetylenes is 1. The topological polar surface area (TPSA) is 85.5 Å². The van der Waals surface area contributed by atoms with Gasteiger partial charge in [-0.1, -0.05) is 33.6 Å². The Kier molecular flexibility index (Phi) is 5.67. The average molecular weight is 389 g/mol. The van der Waals surface area contributed by atoms with Gasteiger partial charge in [0, 0.05) is 12.1 Å². The molecule has 2 rings (SSSR count). The molecule has 1 N–H and O–H groups in total. The third-order valence-electron chi connectivity index (χ3n) is 5.87. The molecule has 0 aromatic carbocycles. The molecule has 0 amide bonds. The first-order valence-corrected chi connectivity index (χ1v) is 11.9. The van der Waals surface area contributed by atoms with E-state index in [9.17, 15) is 15.2 Å². The summed E-state index contributed by atoms with van der Waals surface area (Å²) in [6.45, 7) is 12.4. The molecule has 1 aromatic heterocycles. The second-order valence-corrected chi connectivity index (χ2v) is 13.5. The highest BCUT2D eigenvalue weighted by Crippen LogP contribution is 2.44. The smallest absolute Gasteiger partial charge is 0.294 e. The lowest BCUT2D eigenvalue weighted by Gasteiger charge is -2.46. The minimum Gasteiger partial charge on any atom is -0.407 e. The van der Waals surface area contributed by atoms with E-state index in [0.29, 0.717) is 12.0 Å². The molecule has 0 saturated carbocycles. The molecule has 0 unspecified atom stereocenters. The molecule has 6 nitrogen and oxygen atoms in total. The Balaban J connectivity index is 2.57. The molecule has 1 aliphatic carbocycles. The van der Waals surface area contributed by atoms with Gasteiger partial charge >= 0.3 is 0 Å². The van der Waals surface area contributed by atoms with Crippen molar-refractivity contribution in [1.82, 2.24) is 4.98 Å². The van der Waals surface area contributed by atoms with Crippen LogP contribution in [0.5, 0.6) is 0 Å². The lowest BCUT2D eigenvalue weighted by atomic mass is 9.74. The predicted octanol–water partition coefficient (Wildman–Crippen LogP) is 4.17. The molecular formula is C20H28N2O4Si. The second kappa shape index (κ2) is 7.19. The number of aliphatic hydroxyl groups is 1. The van der Waals surface area contributed by atoms with Gasteiger partial charge in [0.1, 0.15) is 12.3 Å². The Labute approximate surface area is 161 Å². The van der Waals surface area contributed by atoms with Crippen LogP contribution in [-0.4, -0.2) is 35.0 Å². The maximum Gasteiger partial charge on any atom is 0.294 e. The molecule has 7 heteroatoms. The first-order valence-electron chi connectivity index (χ1n) is 9.01. The van der Waals surface area contributed by atoms with Crippen molar-refractivity contribution >= 4 is 19.6 Å². The van der Waals surface area contributed by atoms with Crippen molar-refractivity contribution in [3.63, 3.8) is 0 Å². The van der Waals surface area contributed by atoms with Gasteiger partial charge in [-0.3, -0.25) is 15.1 Å². The number of nitro groups is 1. The summed E-state index contributed by atoms with van der Waals surface area (Å²) in [7, 11) is -2.24. The molecule has 0 aliphatic heterocycles. The standard InChI is InChI=1S/C20H28N2O4Si/c1-8-20(23)14(2)11-15(16-9-10-21-13-17(16)22(24)25)12-18(20)26-27(6,7)19(3,4)5/h1,9-10,12-14,18,23H,11H2,2-7H3/t14-,18+,20+/m0/s1. The van der Waals surface area contributed by atoms with Crippen LogP contribution in [0, 0.1) is 28.4 Å². The third-order valence-corrected chi connectivity index (χ3v) is 10.3. The van der Waals surface area contributed by atoms with Crippen molar-refractivity contribution in [1.29, 1.82) is 0 Å². The minimum atomic E-state index is -2.24. The summed E-state index contributed by atoms with van der Waals surface area (Å²) < 4.78 is 6.46. The Bertz CT molecular complexity index is 807. The number of hydrogen-bond donors (Lipinski definition) is 1. The Morgan fingerprint density at radius 3 is 2.63 bits per heavy atom. The first kappa shape index (κ1) is 21.3. The number of aromatic nitrogens is 1. The van der Waals surface area contributed by atoms with Crippen LogP contribution in [0.4, 0.5) is 5.69 Å². The van der Waals surface area contributed by atoms with E-state index in [1.54, 1.807) is 12.1 Å². The van der Waals surface area contributed by atoms with Crippen LogP contribution in [0.15, 0.2) is 24.5 Å². The zero-order valence-corrected chi connectivity index (χ0v) is 17.8. The van der Waals surface area contributed by atoms with E-state index in [0.717, 1.165) is 5.57 Å². The molecule has 3 atom stereocenters. The third kappa shape index (κ3) is 3.98. The molecule has 0 saturated heterocycles. The summed E-state index contributed by atoms with van der Waals surface area (Å²) >= 11 is 0. The summed E-state index contributed by atoms with van der Waals surface area (Å²) in [5.41, 5.74) is -0.279. The van der Waals surface area contributed by atoms with Crippen LogP contribution >= 0.6 is 0 Å². The van der Waals surface area contributed by atoms with Crippen LogP contribution in [0.3, 0.4) is 0 Å². The van der Waals surface area contributed by atoms with Crippen LogP contribution in [0.2, 0.25) is 18.1 Å². The van der Waals surface area contributed by atoms with E-state index in [4.69, 9.17) is 10.8 Å². The largest absolute Gasteiger partial charge is 0.407 e. The molecule has 1 aromatic rings. The maximum atomic E-state index is 11.4. The van der Waals surface area contributed by atoms with Crippen molar-refractivity contribution < 1.29 is 14.5 Å². The molecule has 0 bridgehead atoms. The van der Waals surface area contributed by atoms with E-state index in [1.807, 2.05) is 6.92 Å². The fraction of sp³-hybridized carbons (Fsp3) is 0.550. The first-order chi connectivity index (χ1) is 12.3. The van der Waals surface area contributed by atoms with Crippen LogP contribution in [0.25, 0.3) is 5.57 Å². The molecule has 0 spiro atoms. The van der Waals surface area contributed by atoms with Gasteiger partial charge < -0.3 is 9.53 Å². The molecule has 0 radical (unpaired) electrons. The lowest BCUT2D eigenvalue weighted by molar-refractivity contribution is -0.385. The van der Waals surface area contributed by atoms with E-state index >= 15 is 0 Å². The van der Waals surface area contributed by atoms with Crippen LogP contribution in [0.1, 0.15) is 39.7 Å². The summed E-state index contributed by atoms with van der Waals surface area (Å²) in [5.74, 6) is 2.21.